The Morgan fingerprint density at radius 2 is 2.00 bits per heavy atom. The van der Waals surface area contributed by atoms with Crippen molar-refractivity contribution in [1.29, 1.82) is 0 Å². The predicted molar refractivity (Wildman–Crippen MR) is 68.9 cm³/mol. The molecule has 0 aliphatic carbocycles. The molecule has 0 bridgehead atoms. The summed E-state index contributed by atoms with van der Waals surface area (Å²) < 4.78 is 1.50. The number of aliphatic hydroxyl groups is 1. The van der Waals surface area contributed by atoms with Crippen LogP contribution in [0, 0.1) is 0 Å². The lowest BCUT2D eigenvalue weighted by atomic mass is 10.1. The molecular weight excluding hydrogens is 216 g/mol. The molecule has 0 aliphatic rings. The fraction of sp³-hybridized carbons (Fsp3) is 0.308. The molecule has 4 nitrogen and oxygen atoms in total. The third-order valence-electron chi connectivity index (χ3n) is 2.61. The van der Waals surface area contributed by atoms with Gasteiger partial charge in [0.1, 0.15) is 0 Å². The number of anilines is 1. The highest BCUT2D eigenvalue weighted by Crippen LogP contribution is 2.17. The first kappa shape index (κ1) is 11.7. The molecule has 1 aromatic heterocycles. The number of pyridine rings is 1. The summed E-state index contributed by atoms with van der Waals surface area (Å²) in [5.41, 5.74) is 5.35. The van der Waals surface area contributed by atoms with Crippen LogP contribution >= 0.6 is 0 Å². The number of aromatic nitrogens is 1. The van der Waals surface area contributed by atoms with Crippen molar-refractivity contribution in [3.05, 3.63) is 40.8 Å². The van der Waals surface area contributed by atoms with E-state index in [1.807, 2.05) is 0 Å². The summed E-state index contributed by atoms with van der Waals surface area (Å²) in [6.07, 6.45) is 1.67. The van der Waals surface area contributed by atoms with Gasteiger partial charge in [0.05, 0.1) is 12.1 Å². The van der Waals surface area contributed by atoms with Gasteiger partial charge in [-0.1, -0.05) is 6.07 Å². The van der Waals surface area contributed by atoms with E-state index in [0.29, 0.717) is 11.1 Å². The zero-order chi connectivity index (χ0) is 12.6. The first-order valence-corrected chi connectivity index (χ1v) is 5.48. The van der Waals surface area contributed by atoms with Crippen molar-refractivity contribution in [2.24, 2.45) is 0 Å². The van der Waals surface area contributed by atoms with Crippen LogP contribution < -0.4 is 11.3 Å². The molecule has 0 saturated heterocycles. The van der Waals surface area contributed by atoms with Crippen LogP contribution in [-0.2, 0) is 6.54 Å². The van der Waals surface area contributed by atoms with E-state index in [9.17, 15) is 9.90 Å². The fourth-order valence-corrected chi connectivity index (χ4v) is 1.88. The number of fused-ring (bicyclic) bond motifs is 1. The van der Waals surface area contributed by atoms with E-state index in [1.165, 1.54) is 4.57 Å². The molecule has 0 aliphatic heterocycles. The molecule has 1 aromatic carbocycles. The molecule has 0 spiro atoms. The summed E-state index contributed by atoms with van der Waals surface area (Å²) in [6, 6.07) is 7.07. The fourth-order valence-electron chi connectivity index (χ4n) is 1.88. The molecule has 4 heteroatoms. The Bertz CT molecular complexity index is 609. The Morgan fingerprint density at radius 3 is 2.65 bits per heavy atom. The minimum Gasteiger partial charge on any atom is -0.398 e. The molecule has 0 amide bonds. The van der Waals surface area contributed by atoms with E-state index >= 15 is 0 Å². The minimum absolute atomic E-state index is 0.128. The largest absolute Gasteiger partial charge is 0.398 e. The van der Waals surface area contributed by atoms with Gasteiger partial charge in [-0.3, -0.25) is 4.79 Å². The van der Waals surface area contributed by atoms with Gasteiger partial charge in [-0.15, -0.1) is 0 Å². The second-order valence-electron chi connectivity index (χ2n) is 4.87. The van der Waals surface area contributed by atoms with Crippen molar-refractivity contribution in [3.63, 3.8) is 0 Å². The molecule has 3 N–H and O–H groups in total. The van der Waals surface area contributed by atoms with Crippen molar-refractivity contribution in [2.45, 2.75) is 26.0 Å². The number of nitrogens with zero attached hydrogens (tertiary/aromatic N) is 1. The highest BCUT2D eigenvalue weighted by molar-refractivity contribution is 5.91. The molecule has 1 heterocycles. The summed E-state index contributed by atoms with van der Waals surface area (Å²) >= 11 is 0. The van der Waals surface area contributed by atoms with Crippen LogP contribution in [0.1, 0.15) is 13.8 Å². The van der Waals surface area contributed by atoms with Crippen LogP contribution in [0.2, 0.25) is 0 Å². The summed E-state index contributed by atoms with van der Waals surface area (Å²) in [5, 5.41) is 11.1. The number of rotatable bonds is 2. The average molecular weight is 232 g/mol. The molecule has 2 aromatic rings. The summed E-state index contributed by atoms with van der Waals surface area (Å²) in [5.74, 6) is 0. The highest BCUT2D eigenvalue weighted by atomic mass is 16.3. The second-order valence-corrected chi connectivity index (χ2v) is 4.87. The van der Waals surface area contributed by atoms with Gasteiger partial charge in [-0.25, -0.2) is 0 Å². The van der Waals surface area contributed by atoms with E-state index in [2.05, 4.69) is 0 Å². The Balaban J connectivity index is 2.63. The normalized spacial score (nSPS) is 11.9. The zero-order valence-electron chi connectivity index (χ0n) is 9.97. The van der Waals surface area contributed by atoms with E-state index in [4.69, 9.17) is 5.73 Å². The van der Waals surface area contributed by atoms with Crippen molar-refractivity contribution in [2.75, 3.05) is 5.73 Å². The van der Waals surface area contributed by atoms with Gasteiger partial charge in [-0.05, 0) is 32.0 Å². The van der Waals surface area contributed by atoms with Crippen LogP contribution in [0.5, 0.6) is 0 Å². The third kappa shape index (κ3) is 2.31. The van der Waals surface area contributed by atoms with Crippen molar-refractivity contribution < 1.29 is 5.11 Å². The van der Waals surface area contributed by atoms with Crippen molar-refractivity contribution in [3.8, 4) is 0 Å². The maximum absolute atomic E-state index is 12.2. The minimum atomic E-state index is -0.919. The number of hydrogen-bond acceptors (Lipinski definition) is 3. The standard InChI is InChI=1S/C13H16N2O2/c1-13(2,17)8-15-7-6-9-10(12(15)16)4-3-5-11(9)14/h3-7,17H,8,14H2,1-2H3. The van der Waals surface area contributed by atoms with Gasteiger partial charge in [0, 0.05) is 22.7 Å². The lowest BCUT2D eigenvalue weighted by molar-refractivity contribution is 0.0606. The smallest absolute Gasteiger partial charge is 0.258 e. The van der Waals surface area contributed by atoms with Crippen LogP contribution in [0.15, 0.2) is 35.3 Å². The molecule has 0 unspecified atom stereocenters. The summed E-state index contributed by atoms with van der Waals surface area (Å²) in [7, 11) is 0. The number of nitrogens with two attached hydrogens (primary N) is 1. The average Bonchev–Trinajstić information content (AvgIpc) is 2.21. The van der Waals surface area contributed by atoms with Crippen LogP contribution in [-0.4, -0.2) is 15.3 Å². The number of hydrogen-bond donors (Lipinski definition) is 2. The molecule has 0 atom stereocenters. The number of nitrogen functional groups attached to an aromatic ring is 1. The first-order chi connectivity index (χ1) is 7.88. The predicted octanol–water partition coefficient (Wildman–Crippen LogP) is 1.35. The quantitative estimate of drug-likeness (QED) is 0.768. The molecule has 2 rings (SSSR count). The third-order valence-corrected chi connectivity index (χ3v) is 2.61. The monoisotopic (exact) mass is 232 g/mol. The van der Waals surface area contributed by atoms with Gasteiger partial charge in [0.2, 0.25) is 0 Å². The lowest BCUT2D eigenvalue weighted by Gasteiger charge is -2.19. The van der Waals surface area contributed by atoms with Gasteiger partial charge >= 0.3 is 0 Å². The Morgan fingerprint density at radius 1 is 1.29 bits per heavy atom. The molecule has 17 heavy (non-hydrogen) atoms. The van der Waals surface area contributed by atoms with Gasteiger partial charge < -0.3 is 15.4 Å². The van der Waals surface area contributed by atoms with E-state index in [0.717, 1.165) is 5.39 Å². The first-order valence-electron chi connectivity index (χ1n) is 5.48. The topological polar surface area (TPSA) is 68.2 Å². The highest BCUT2D eigenvalue weighted by Gasteiger charge is 2.15. The maximum atomic E-state index is 12.2. The summed E-state index contributed by atoms with van der Waals surface area (Å²) in [4.78, 5) is 12.2. The van der Waals surface area contributed by atoms with Crippen LogP contribution in [0.4, 0.5) is 5.69 Å². The van der Waals surface area contributed by atoms with Crippen LogP contribution in [0.3, 0.4) is 0 Å². The Labute approximate surface area is 99.3 Å². The molecule has 90 valence electrons. The molecular formula is C13H16N2O2. The van der Waals surface area contributed by atoms with E-state index in [1.54, 1.807) is 44.3 Å². The molecule has 0 radical (unpaired) electrons. The van der Waals surface area contributed by atoms with Gasteiger partial charge in [-0.2, -0.15) is 0 Å². The second kappa shape index (κ2) is 3.89. The van der Waals surface area contributed by atoms with Crippen molar-refractivity contribution >= 4 is 16.5 Å². The molecule has 0 saturated carbocycles. The maximum Gasteiger partial charge on any atom is 0.258 e. The Kier molecular flexibility index (Phi) is 2.67. The zero-order valence-corrected chi connectivity index (χ0v) is 9.97. The SMILES string of the molecule is CC(C)(O)Cn1ccc2c(N)cccc2c1=O. The van der Waals surface area contributed by atoms with E-state index in [-0.39, 0.29) is 12.1 Å². The number of benzene rings is 1. The van der Waals surface area contributed by atoms with Crippen LogP contribution in [0.25, 0.3) is 10.8 Å². The van der Waals surface area contributed by atoms with Crippen molar-refractivity contribution in [1.82, 2.24) is 4.57 Å². The van der Waals surface area contributed by atoms with Gasteiger partial charge in [0.25, 0.3) is 5.56 Å². The summed E-state index contributed by atoms with van der Waals surface area (Å²) in [6.45, 7) is 3.60. The molecule has 0 fully saturated rings. The lowest BCUT2D eigenvalue weighted by Crippen LogP contribution is -2.32. The Hall–Kier alpha value is -1.81. The van der Waals surface area contributed by atoms with E-state index < -0.39 is 5.60 Å². The van der Waals surface area contributed by atoms with Gasteiger partial charge in [0.15, 0.2) is 0 Å².